The van der Waals surface area contributed by atoms with Crippen molar-refractivity contribution < 1.29 is 27.6 Å². The maximum atomic E-state index is 12.6. The van der Waals surface area contributed by atoms with E-state index in [0.29, 0.717) is 19.4 Å². The Kier molecular flexibility index (Phi) is 4.43. The number of halogens is 3. The van der Waals surface area contributed by atoms with Crippen LogP contribution < -0.4 is 10.6 Å². The Morgan fingerprint density at radius 2 is 1.71 bits per heavy atom. The Labute approximate surface area is 158 Å². The van der Waals surface area contributed by atoms with Gasteiger partial charge >= 0.3 is 12.2 Å². The monoisotopic (exact) mass is 396 g/mol. The Bertz CT molecular complexity index is 781. The SMILES string of the molecule is O=C(Nc1ccc(C(F)(F)F)cc1)N[C@H]1C[C@H]2C(=O)N3CCC[C@@H]3C(=O)N2C1. The van der Waals surface area contributed by atoms with Crippen molar-refractivity contribution in [2.75, 3.05) is 18.4 Å². The number of alkyl halides is 3. The summed E-state index contributed by atoms with van der Waals surface area (Å²) >= 11 is 0. The van der Waals surface area contributed by atoms with E-state index in [1.807, 2.05) is 0 Å². The normalized spacial score (nSPS) is 26.9. The van der Waals surface area contributed by atoms with E-state index >= 15 is 0 Å². The Balaban J connectivity index is 1.36. The minimum Gasteiger partial charge on any atom is -0.333 e. The van der Waals surface area contributed by atoms with Gasteiger partial charge in [0.05, 0.1) is 11.6 Å². The Morgan fingerprint density at radius 1 is 1.04 bits per heavy atom. The standard InChI is InChI=1S/C18H19F3N4O3/c19-18(20,21)10-3-5-11(6-4-10)22-17(28)23-12-8-14-16(27)24-7-1-2-13(24)15(26)25(14)9-12/h3-6,12-14H,1-2,7-9H2,(H2,22,23,28)/t12-,13+,14-/m0/s1. The topological polar surface area (TPSA) is 81.8 Å². The van der Waals surface area contributed by atoms with E-state index in [0.717, 1.165) is 18.6 Å². The van der Waals surface area contributed by atoms with Crippen LogP contribution in [0.25, 0.3) is 0 Å². The predicted octanol–water partition coefficient (Wildman–Crippen LogP) is 1.80. The first-order valence-electron chi connectivity index (χ1n) is 9.10. The second kappa shape index (κ2) is 6.68. The van der Waals surface area contributed by atoms with Gasteiger partial charge in [0.25, 0.3) is 0 Å². The molecule has 3 aliphatic rings. The van der Waals surface area contributed by atoms with Crippen LogP contribution in [0.15, 0.2) is 24.3 Å². The molecule has 2 N–H and O–H groups in total. The molecule has 3 heterocycles. The van der Waals surface area contributed by atoms with Gasteiger partial charge in [-0.2, -0.15) is 13.2 Å². The number of rotatable bonds is 2. The summed E-state index contributed by atoms with van der Waals surface area (Å²) in [6.07, 6.45) is -2.63. The second-order valence-electron chi connectivity index (χ2n) is 7.30. The highest BCUT2D eigenvalue weighted by Gasteiger charge is 2.51. The van der Waals surface area contributed by atoms with Crippen molar-refractivity contribution in [3.8, 4) is 0 Å². The minimum absolute atomic E-state index is 0.0745. The van der Waals surface area contributed by atoms with Crippen LogP contribution in [0.3, 0.4) is 0 Å². The maximum absolute atomic E-state index is 12.6. The molecule has 3 saturated heterocycles. The first kappa shape index (κ1) is 18.6. The molecule has 28 heavy (non-hydrogen) atoms. The molecule has 7 nitrogen and oxygen atoms in total. The lowest BCUT2D eigenvalue weighted by Crippen LogP contribution is -2.60. The lowest BCUT2D eigenvalue weighted by molar-refractivity contribution is -0.156. The van der Waals surface area contributed by atoms with E-state index < -0.39 is 29.9 Å². The van der Waals surface area contributed by atoms with Crippen LogP contribution in [0.5, 0.6) is 0 Å². The third kappa shape index (κ3) is 3.27. The van der Waals surface area contributed by atoms with Gasteiger partial charge in [0.15, 0.2) is 0 Å². The molecule has 4 rings (SSSR count). The Hall–Kier alpha value is -2.78. The number of hydrogen-bond donors (Lipinski definition) is 2. The van der Waals surface area contributed by atoms with E-state index in [-0.39, 0.29) is 30.1 Å². The lowest BCUT2D eigenvalue weighted by Gasteiger charge is -2.38. The Morgan fingerprint density at radius 3 is 2.39 bits per heavy atom. The highest BCUT2D eigenvalue weighted by atomic mass is 19.4. The first-order valence-corrected chi connectivity index (χ1v) is 9.10. The molecular formula is C18H19F3N4O3. The van der Waals surface area contributed by atoms with E-state index in [1.54, 1.807) is 4.90 Å². The fourth-order valence-corrected chi connectivity index (χ4v) is 4.18. The summed E-state index contributed by atoms with van der Waals surface area (Å²) in [5, 5.41) is 5.17. The van der Waals surface area contributed by atoms with Gasteiger partial charge in [-0.05, 0) is 43.5 Å². The fraction of sp³-hybridized carbons (Fsp3) is 0.500. The zero-order valence-electron chi connectivity index (χ0n) is 14.8. The van der Waals surface area contributed by atoms with Gasteiger partial charge in [-0.25, -0.2) is 4.79 Å². The van der Waals surface area contributed by atoms with Crippen LogP contribution in [0, 0.1) is 0 Å². The number of amides is 4. The van der Waals surface area contributed by atoms with Gasteiger partial charge in [0.1, 0.15) is 12.1 Å². The van der Waals surface area contributed by atoms with Crippen molar-refractivity contribution in [1.82, 2.24) is 15.1 Å². The van der Waals surface area contributed by atoms with E-state index in [9.17, 15) is 27.6 Å². The molecule has 0 unspecified atom stereocenters. The molecule has 4 amide bonds. The fourth-order valence-electron chi connectivity index (χ4n) is 4.18. The molecule has 0 aromatic heterocycles. The zero-order valence-corrected chi connectivity index (χ0v) is 14.8. The van der Waals surface area contributed by atoms with Crippen molar-refractivity contribution in [2.45, 2.75) is 43.6 Å². The quantitative estimate of drug-likeness (QED) is 0.800. The summed E-state index contributed by atoms with van der Waals surface area (Å²) in [5.41, 5.74) is -0.585. The number of carbonyl (C=O) groups is 3. The first-order chi connectivity index (χ1) is 13.2. The van der Waals surface area contributed by atoms with E-state index in [1.165, 1.54) is 17.0 Å². The van der Waals surface area contributed by atoms with Crippen LogP contribution in [-0.2, 0) is 15.8 Å². The van der Waals surface area contributed by atoms with Gasteiger partial charge in [-0.15, -0.1) is 0 Å². The highest BCUT2D eigenvalue weighted by Crippen LogP contribution is 2.32. The van der Waals surface area contributed by atoms with Gasteiger partial charge in [0.2, 0.25) is 11.8 Å². The third-order valence-corrected chi connectivity index (χ3v) is 5.50. The molecule has 3 aliphatic heterocycles. The third-order valence-electron chi connectivity index (χ3n) is 5.50. The molecular weight excluding hydrogens is 377 g/mol. The maximum Gasteiger partial charge on any atom is 0.416 e. The number of piperazine rings is 1. The van der Waals surface area contributed by atoms with Crippen LogP contribution in [0.4, 0.5) is 23.7 Å². The molecule has 1 aromatic rings. The molecule has 3 fully saturated rings. The summed E-state index contributed by atoms with van der Waals surface area (Å²) in [6.45, 7) is 0.839. The van der Waals surface area contributed by atoms with Crippen LogP contribution >= 0.6 is 0 Å². The molecule has 1 aromatic carbocycles. The summed E-state index contributed by atoms with van der Waals surface area (Å²) in [5.74, 6) is -0.149. The smallest absolute Gasteiger partial charge is 0.333 e. The highest BCUT2D eigenvalue weighted by molar-refractivity contribution is 5.98. The number of benzene rings is 1. The van der Waals surface area contributed by atoms with Crippen LogP contribution in [0.2, 0.25) is 0 Å². The summed E-state index contributed by atoms with van der Waals surface area (Å²) in [7, 11) is 0. The minimum atomic E-state index is -4.44. The number of anilines is 1. The number of fused-ring (bicyclic) bond motifs is 2. The van der Waals surface area contributed by atoms with Crippen molar-refractivity contribution in [2.24, 2.45) is 0 Å². The molecule has 0 aliphatic carbocycles. The van der Waals surface area contributed by atoms with Gasteiger partial charge < -0.3 is 20.4 Å². The number of nitrogens with one attached hydrogen (secondary N) is 2. The molecule has 0 spiro atoms. The zero-order chi connectivity index (χ0) is 20.1. The molecule has 0 saturated carbocycles. The number of hydrogen-bond acceptors (Lipinski definition) is 3. The van der Waals surface area contributed by atoms with Crippen molar-refractivity contribution in [3.63, 3.8) is 0 Å². The summed E-state index contributed by atoms with van der Waals surface area (Å²) in [6, 6.07) is 2.18. The molecule has 0 bridgehead atoms. The van der Waals surface area contributed by atoms with Crippen molar-refractivity contribution in [3.05, 3.63) is 29.8 Å². The van der Waals surface area contributed by atoms with Crippen LogP contribution in [0.1, 0.15) is 24.8 Å². The average Bonchev–Trinajstić information content (AvgIpc) is 3.27. The molecule has 0 radical (unpaired) electrons. The van der Waals surface area contributed by atoms with Crippen molar-refractivity contribution in [1.29, 1.82) is 0 Å². The lowest BCUT2D eigenvalue weighted by atomic mass is 10.1. The summed E-state index contributed by atoms with van der Waals surface area (Å²) in [4.78, 5) is 40.5. The second-order valence-corrected chi connectivity index (χ2v) is 7.30. The van der Waals surface area contributed by atoms with Gasteiger partial charge in [-0.3, -0.25) is 9.59 Å². The van der Waals surface area contributed by atoms with E-state index in [2.05, 4.69) is 10.6 Å². The van der Waals surface area contributed by atoms with Crippen molar-refractivity contribution >= 4 is 23.5 Å². The van der Waals surface area contributed by atoms with Gasteiger partial charge in [-0.1, -0.05) is 0 Å². The largest absolute Gasteiger partial charge is 0.416 e. The number of urea groups is 1. The average molecular weight is 396 g/mol. The summed E-state index contributed by atoms with van der Waals surface area (Å²) < 4.78 is 37.8. The number of nitrogens with zero attached hydrogens (tertiary/aromatic N) is 2. The molecule has 10 heteroatoms. The van der Waals surface area contributed by atoms with Crippen LogP contribution in [-0.4, -0.2) is 58.9 Å². The molecule has 3 atom stereocenters. The molecule has 150 valence electrons. The number of carbonyl (C=O) groups excluding carboxylic acids is 3. The predicted molar refractivity (Wildman–Crippen MR) is 92.2 cm³/mol. The van der Waals surface area contributed by atoms with Gasteiger partial charge in [0, 0.05) is 18.8 Å². The van der Waals surface area contributed by atoms with E-state index in [4.69, 9.17) is 0 Å².